The lowest BCUT2D eigenvalue weighted by Gasteiger charge is -2.22. The van der Waals surface area contributed by atoms with Crippen molar-refractivity contribution in [2.45, 2.75) is 45.4 Å². The fourth-order valence-electron chi connectivity index (χ4n) is 4.62. The number of hydrogen-bond acceptors (Lipinski definition) is 6. The monoisotopic (exact) mass is 555 g/mol. The lowest BCUT2D eigenvalue weighted by molar-refractivity contribution is -0.133. The highest BCUT2D eigenvalue weighted by atomic mass is 16.5. The van der Waals surface area contributed by atoms with Gasteiger partial charge in [0.1, 0.15) is 24.3 Å². The van der Waals surface area contributed by atoms with Crippen molar-refractivity contribution in [2.24, 2.45) is 0 Å². The highest BCUT2D eigenvalue weighted by molar-refractivity contribution is 5.81. The number of hydrogen-bond donors (Lipinski definition) is 2. The molecule has 41 heavy (non-hydrogen) atoms. The van der Waals surface area contributed by atoms with Gasteiger partial charge < -0.3 is 19.9 Å². The van der Waals surface area contributed by atoms with E-state index in [1.165, 1.54) is 0 Å². The van der Waals surface area contributed by atoms with Crippen molar-refractivity contribution in [1.29, 1.82) is 0 Å². The number of nitrogens with zero attached hydrogens (tertiary/aromatic N) is 2. The van der Waals surface area contributed by atoms with E-state index >= 15 is 0 Å². The first-order chi connectivity index (χ1) is 20.0. The lowest BCUT2D eigenvalue weighted by Crippen LogP contribution is -2.41. The fourth-order valence-corrected chi connectivity index (χ4v) is 4.62. The van der Waals surface area contributed by atoms with Gasteiger partial charge in [0.15, 0.2) is 0 Å². The van der Waals surface area contributed by atoms with Gasteiger partial charge in [-0.15, -0.1) is 0 Å². The lowest BCUT2D eigenvalue weighted by atomic mass is 10.0. The van der Waals surface area contributed by atoms with Gasteiger partial charge in [0.25, 0.3) is 5.56 Å². The van der Waals surface area contributed by atoms with Crippen molar-refractivity contribution in [3.05, 3.63) is 118 Å². The quantitative estimate of drug-likeness (QED) is 0.240. The van der Waals surface area contributed by atoms with Crippen molar-refractivity contribution in [3.8, 4) is 17.0 Å². The Balaban J connectivity index is 1.34. The second kappa shape index (κ2) is 14.9. The Labute approximate surface area is 240 Å². The maximum absolute atomic E-state index is 13.0. The van der Waals surface area contributed by atoms with E-state index in [2.05, 4.69) is 5.32 Å². The molecule has 4 aromatic rings. The summed E-state index contributed by atoms with van der Waals surface area (Å²) in [6, 6.07) is 27.6. The number of benzene rings is 3. The Bertz CT molecular complexity index is 1440. The van der Waals surface area contributed by atoms with Crippen molar-refractivity contribution >= 4 is 5.91 Å². The van der Waals surface area contributed by atoms with Gasteiger partial charge in [0, 0.05) is 31.1 Å². The minimum Gasteiger partial charge on any atom is -0.492 e. The second-order valence-corrected chi connectivity index (χ2v) is 9.56. The molecule has 0 aliphatic rings. The Morgan fingerprint density at radius 2 is 1.66 bits per heavy atom. The molecule has 0 bridgehead atoms. The molecule has 0 radical (unpaired) electrons. The standard InChI is InChI=1S/C33H37N3O5/c1-3-31-34-28(25-11-7-5-8-12-25)22-32(38)36(31)19-20-41-27-17-15-24(16-18-27)21-30(40-4-2)33(39)35-29(23-37)26-13-9-6-10-14-26/h5-18,22,29-30,37H,3-4,19-21,23H2,1-2H3,(H,35,39)/t29-,30-/m1/s1. The molecule has 0 saturated heterocycles. The molecule has 8 nitrogen and oxygen atoms in total. The third-order valence-electron chi connectivity index (χ3n) is 6.76. The molecule has 0 aliphatic heterocycles. The van der Waals surface area contributed by atoms with Crippen molar-refractivity contribution in [2.75, 3.05) is 19.8 Å². The Kier molecular flexibility index (Phi) is 10.8. The minimum absolute atomic E-state index is 0.106. The fraction of sp³-hybridized carbons (Fsp3) is 0.303. The van der Waals surface area contributed by atoms with Gasteiger partial charge in [-0.1, -0.05) is 79.7 Å². The number of aromatic nitrogens is 2. The molecule has 214 valence electrons. The molecule has 0 aliphatic carbocycles. The number of amides is 1. The number of ether oxygens (including phenoxy) is 2. The Morgan fingerprint density at radius 1 is 0.976 bits per heavy atom. The molecule has 3 aromatic carbocycles. The van der Waals surface area contributed by atoms with Gasteiger partial charge >= 0.3 is 0 Å². The zero-order chi connectivity index (χ0) is 29.0. The number of rotatable bonds is 14. The van der Waals surface area contributed by atoms with Crippen LogP contribution < -0.4 is 15.6 Å². The van der Waals surface area contributed by atoms with Crippen LogP contribution in [0.15, 0.2) is 95.8 Å². The van der Waals surface area contributed by atoms with Crippen LogP contribution in [0.4, 0.5) is 0 Å². The summed E-state index contributed by atoms with van der Waals surface area (Å²) in [6.07, 6.45) is 0.306. The molecule has 0 spiro atoms. The zero-order valence-corrected chi connectivity index (χ0v) is 23.5. The smallest absolute Gasteiger partial charge is 0.254 e. The van der Waals surface area contributed by atoms with Gasteiger partial charge in [-0.2, -0.15) is 0 Å². The molecule has 4 rings (SSSR count). The van der Waals surface area contributed by atoms with Crippen LogP contribution in [0.25, 0.3) is 11.3 Å². The first kappa shape index (κ1) is 29.7. The maximum Gasteiger partial charge on any atom is 0.254 e. The first-order valence-electron chi connectivity index (χ1n) is 14.0. The van der Waals surface area contributed by atoms with E-state index in [1.807, 2.05) is 98.8 Å². The van der Waals surface area contributed by atoms with Crippen LogP contribution in [0.3, 0.4) is 0 Å². The summed E-state index contributed by atoms with van der Waals surface area (Å²) in [7, 11) is 0. The van der Waals surface area contributed by atoms with Crippen LogP contribution in [0.5, 0.6) is 5.75 Å². The SMILES string of the molecule is CCO[C@H](Cc1ccc(OCCn2c(CC)nc(-c3ccccc3)cc2=O)cc1)C(=O)N[C@H](CO)c1ccccc1. The van der Waals surface area contributed by atoms with Crippen molar-refractivity contribution < 1.29 is 19.4 Å². The van der Waals surface area contributed by atoms with E-state index in [4.69, 9.17) is 14.5 Å². The molecular weight excluding hydrogens is 518 g/mol. The predicted octanol–water partition coefficient (Wildman–Crippen LogP) is 4.35. The third kappa shape index (κ3) is 8.13. The third-order valence-corrected chi connectivity index (χ3v) is 6.76. The molecule has 1 aromatic heterocycles. The maximum atomic E-state index is 13.0. The van der Waals surface area contributed by atoms with Crippen LogP contribution in [0.1, 0.15) is 36.8 Å². The molecule has 1 amide bonds. The minimum atomic E-state index is -0.699. The normalized spacial score (nSPS) is 12.5. The van der Waals surface area contributed by atoms with E-state index in [9.17, 15) is 14.7 Å². The topological polar surface area (TPSA) is 103 Å². The van der Waals surface area contributed by atoms with Crippen LogP contribution in [0, 0.1) is 0 Å². The van der Waals surface area contributed by atoms with E-state index < -0.39 is 12.1 Å². The Hall–Kier alpha value is -4.27. The molecule has 2 N–H and O–H groups in total. The van der Waals surface area contributed by atoms with Gasteiger partial charge in [0.05, 0.1) is 24.9 Å². The van der Waals surface area contributed by atoms with Crippen LogP contribution in [-0.2, 0) is 28.9 Å². The number of aliphatic hydroxyl groups is 1. The molecular formula is C33H37N3O5. The molecule has 8 heteroatoms. The van der Waals surface area contributed by atoms with Gasteiger partial charge in [-0.3, -0.25) is 14.2 Å². The zero-order valence-electron chi connectivity index (χ0n) is 23.5. The average molecular weight is 556 g/mol. The number of aliphatic hydroxyl groups excluding tert-OH is 1. The molecule has 2 atom stereocenters. The van der Waals surface area contributed by atoms with Crippen LogP contribution in [0.2, 0.25) is 0 Å². The van der Waals surface area contributed by atoms with Gasteiger partial charge in [0.2, 0.25) is 5.91 Å². The summed E-state index contributed by atoms with van der Waals surface area (Å²) >= 11 is 0. The summed E-state index contributed by atoms with van der Waals surface area (Å²) in [5.74, 6) is 1.10. The van der Waals surface area contributed by atoms with E-state index in [1.54, 1.807) is 10.6 Å². The van der Waals surface area contributed by atoms with Crippen LogP contribution in [-0.4, -0.2) is 46.5 Å². The summed E-state index contributed by atoms with van der Waals surface area (Å²) in [4.78, 5) is 30.6. The highest BCUT2D eigenvalue weighted by Gasteiger charge is 2.23. The largest absolute Gasteiger partial charge is 0.492 e. The second-order valence-electron chi connectivity index (χ2n) is 9.56. The van der Waals surface area contributed by atoms with Crippen molar-refractivity contribution in [1.82, 2.24) is 14.9 Å². The van der Waals surface area contributed by atoms with E-state index in [0.717, 1.165) is 16.7 Å². The van der Waals surface area contributed by atoms with Gasteiger partial charge in [-0.05, 0) is 30.2 Å². The summed E-state index contributed by atoms with van der Waals surface area (Å²) in [6.45, 7) is 4.69. The summed E-state index contributed by atoms with van der Waals surface area (Å²) < 4.78 is 13.3. The number of carbonyl (C=O) groups excluding carboxylic acids is 1. The predicted molar refractivity (Wildman–Crippen MR) is 159 cm³/mol. The van der Waals surface area contributed by atoms with Crippen molar-refractivity contribution in [3.63, 3.8) is 0 Å². The first-order valence-corrected chi connectivity index (χ1v) is 14.0. The molecule has 0 unspecified atom stereocenters. The van der Waals surface area contributed by atoms with Gasteiger partial charge in [-0.25, -0.2) is 4.98 Å². The summed E-state index contributed by atoms with van der Waals surface area (Å²) in [5, 5.41) is 12.7. The van der Waals surface area contributed by atoms with Crippen LogP contribution >= 0.6 is 0 Å². The number of aryl methyl sites for hydroxylation is 1. The van der Waals surface area contributed by atoms with E-state index in [-0.39, 0.29) is 18.1 Å². The van der Waals surface area contributed by atoms with E-state index in [0.29, 0.717) is 49.9 Å². The molecule has 0 fully saturated rings. The highest BCUT2D eigenvalue weighted by Crippen LogP contribution is 2.18. The Morgan fingerprint density at radius 3 is 2.29 bits per heavy atom. The number of carbonyl (C=O) groups is 1. The average Bonchev–Trinajstić information content (AvgIpc) is 3.01. The molecule has 0 saturated carbocycles. The summed E-state index contributed by atoms with van der Waals surface area (Å²) in [5.41, 5.74) is 3.22. The molecule has 1 heterocycles. The number of nitrogens with one attached hydrogen (secondary N) is 1.